The number of aryl methyl sites for hydroxylation is 1. The van der Waals surface area contributed by atoms with Crippen molar-refractivity contribution in [3.63, 3.8) is 0 Å². The second-order valence-electron chi connectivity index (χ2n) is 4.67. The van der Waals surface area contributed by atoms with Gasteiger partial charge >= 0.3 is 0 Å². The van der Waals surface area contributed by atoms with E-state index in [1.807, 2.05) is 11.6 Å². The molecule has 0 saturated carbocycles. The number of fused-ring (bicyclic) bond motifs is 1. The molecule has 0 unspecified atom stereocenters. The Morgan fingerprint density at radius 2 is 2.19 bits per heavy atom. The van der Waals surface area contributed by atoms with Crippen molar-refractivity contribution in [1.82, 2.24) is 34.9 Å². The molecule has 0 amide bonds. The number of nitrogens with one attached hydrogen (secondary N) is 3. The highest BCUT2D eigenvalue weighted by Gasteiger charge is 2.10. The smallest absolute Gasteiger partial charge is 0.226 e. The van der Waals surface area contributed by atoms with Crippen molar-refractivity contribution in [1.29, 1.82) is 0 Å². The van der Waals surface area contributed by atoms with E-state index in [9.17, 15) is 0 Å². The van der Waals surface area contributed by atoms with Crippen LogP contribution in [0.25, 0.3) is 11.0 Å². The molecule has 0 bridgehead atoms. The Kier molecular flexibility index (Phi) is 3.63. The number of aromatic amines is 1. The fourth-order valence-corrected chi connectivity index (χ4v) is 1.92. The third kappa shape index (κ3) is 2.76. The van der Waals surface area contributed by atoms with E-state index in [0.717, 1.165) is 30.0 Å². The van der Waals surface area contributed by atoms with Gasteiger partial charge in [-0.1, -0.05) is 6.92 Å². The zero-order chi connectivity index (χ0) is 14.7. The lowest BCUT2D eigenvalue weighted by atomic mass is 10.4. The van der Waals surface area contributed by atoms with Crippen molar-refractivity contribution < 1.29 is 0 Å². The Morgan fingerprint density at radius 3 is 2.95 bits per heavy atom. The molecule has 3 N–H and O–H groups in total. The summed E-state index contributed by atoms with van der Waals surface area (Å²) in [5.74, 6) is 2.12. The summed E-state index contributed by atoms with van der Waals surface area (Å²) in [5, 5.41) is 22.1. The molecule has 9 heteroatoms. The lowest BCUT2D eigenvalue weighted by molar-refractivity contribution is 0.810. The highest BCUT2D eigenvalue weighted by Crippen LogP contribution is 2.20. The van der Waals surface area contributed by atoms with Crippen LogP contribution in [0.4, 0.5) is 11.8 Å². The second kappa shape index (κ2) is 5.73. The number of H-pyrrole nitrogens is 1. The predicted molar refractivity (Wildman–Crippen MR) is 78.8 cm³/mol. The Hall–Kier alpha value is -2.71. The average Bonchev–Trinajstić information content (AvgIpc) is 3.11. The van der Waals surface area contributed by atoms with Crippen molar-refractivity contribution in [3.05, 3.63) is 18.3 Å². The maximum absolute atomic E-state index is 4.49. The van der Waals surface area contributed by atoms with Crippen LogP contribution in [-0.4, -0.2) is 41.5 Å². The van der Waals surface area contributed by atoms with Crippen LogP contribution in [0.1, 0.15) is 19.2 Å². The quantitative estimate of drug-likeness (QED) is 0.618. The maximum atomic E-state index is 4.49. The lowest BCUT2D eigenvalue weighted by Crippen LogP contribution is -2.10. The van der Waals surface area contributed by atoms with Crippen LogP contribution in [0.2, 0.25) is 0 Å². The standard InChI is InChI=1S/C12H17N9/c1-3-4-13-12-17-10(8-5-15-20-11(8)18-12)14-6-9-19-16-7-21(9)2/h5,7H,3-4,6H2,1-2H3,(H3,13,14,15,17,18,20). The van der Waals surface area contributed by atoms with E-state index in [1.165, 1.54) is 0 Å². The molecule has 0 aliphatic heterocycles. The highest BCUT2D eigenvalue weighted by atomic mass is 15.3. The predicted octanol–water partition coefficient (Wildman–Crippen LogP) is 0.915. The summed E-state index contributed by atoms with van der Waals surface area (Å²) in [6.45, 7) is 3.44. The van der Waals surface area contributed by atoms with Gasteiger partial charge in [0.25, 0.3) is 0 Å². The van der Waals surface area contributed by atoms with Gasteiger partial charge in [-0.3, -0.25) is 5.10 Å². The van der Waals surface area contributed by atoms with Crippen molar-refractivity contribution in [2.45, 2.75) is 19.9 Å². The van der Waals surface area contributed by atoms with E-state index in [2.05, 4.69) is 47.9 Å². The molecule has 110 valence electrons. The number of nitrogens with zero attached hydrogens (tertiary/aromatic N) is 6. The molecule has 9 nitrogen and oxygen atoms in total. The molecule has 0 saturated heterocycles. The van der Waals surface area contributed by atoms with Gasteiger partial charge < -0.3 is 15.2 Å². The van der Waals surface area contributed by atoms with E-state index in [0.29, 0.717) is 18.1 Å². The first kappa shape index (κ1) is 13.3. The number of rotatable bonds is 6. The maximum Gasteiger partial charge on any atom is 0.226 e. The molecule has 0 radical (unpaired) electrons. The summed E-state index contributed by atoms with van der Waals surface area (Å²) in [6.07, 6.45) is 4.38. The van der Waals surface area contributed by atoms with Crippen LogP contribution < -0.4 is 10.6 Å². The molecule has 0 spiro atoms. The van der Waals surface area contributed by atoms with Crippen LogP contribution in [-0.2, 0) is 13.6 Å². The fraction of sp³-hybridized carbons (Fsp3) is 0.417. The lowest BCUT2D eigenvalue weighted by Gasteiger charge is -2.09. The zero-order valence-electron chi connectivity index (χ0n) is 12.0. The fourth-order valence-electron chi connectivity index (χ4n) is 1.92. The van der Waals surface area contributed by atoms with Gasteiger partial charge in [-0.05, 0) is 6.42 Å². The SMILES string of the molecule is CCCNc1nc(NCc2nncn2C)c2cn[nH]c2n1. The molecule has 0 aliphatic rings. The van der Waals surface area contributed by atoms with Gasteiger partial charge in [-0.25, -0.2) is 0 Å². The van der Waals surface area contributed by atoms with E-state index in [4.69, 9.17) is 0 Å². The van der Waals surface area contributed by atoms with Gasteiger partial charge in [0.05, 0.1) is 18.1 Å². The Bertz CT molecular complexity index is 729. The van der Waals surface area contributed by atoms with Crippen molar-refractivity contribution >= 4 is 22.8 Å². The second-order valence-corrected chi connectivity index (χ2v) is 4.67. The first-order valence-corrected chi connectivity index (χ1v) is 6.79. The summed E-state index contributed by atoms with van der Waals surface area (Å²) >= 11 is 0. The average molecular weight is 287 g/mol. The molecule has 3 rings (SSSR count). The van der Waals surface area contributed by atoms with Gasteiger partial charge in [0, 0.05) is 13.6 Å². The minimum Gasteiger partial charge on any atom is -0.362 e. The molecule has 0 aliphatic carbocycles. The molecule has 3 heterocycles. The van der Waals surface area contributed by atoms with Crippen molar-refractivity contribution in [2.75, 3.05) is 17.2 Å². The topological polar surface area (TPSA) is 109 Å². The van der Waals surface area contributed by atoms with E-state index >= 15 is 0 Å². The summed E-state index contributed by atoms with van der Waals surface area (Å²) in [5.41, 5.74) is 0.698. The summed E-state index contributed by atoms with van der Waals surface area (Å²) < 4.78 is 1.86. The van der Waals surface area contributed by atoms with Crippen LogP contribution in [0.3, 0.4) is 0 Å². The van der Waals surface area contributed by atoms with Crippen LogP contribution in [0.15, 0.2) is 12.5 Å². The van der Waals surface area contributed by atoms with Gasteiger partial charge in [0.15, 0.2) is 11.5 Å². The molecule has 21 heavy (non-hydrogen) atoms. The monoisotopic (exact) mass is 287 g/mol. The van der Waals surface area contributed by atoms with Crippen LogP contribution in [0.5, 0.6) is 0 Å². The summed E-state index contributed by atoms with van der Waals surface area (Å²) in [4.78, 5) is 8.87. The van der Waals surface area contributed by atoms with E-state index in [1.54, 1.807) is 12.5 Å². The molecule has 3 aromatic heterocycles. The van der Waals surface area contributed by atoms with Crippen molar-refractivity contribution in [3.8, 4) is 0 Å². The first-order chi connectivity index (χ1) is 10.3. The van der Waals surface area contributed by atoms with Gasteiger partial charge in [-0.2, -0.15) is 15.1 Å². The van der Waals surface area contributed by atoms with Gasteiger partial charge in [-0.15, -0.1) is 10.2 Å². The Morgan fingerprint density at radius 1 is 1.29 bits per heavy atom. The molecular formula is C12H17N9. The van der Waals surface area contributed by atoms with Gasteiger partial charge in [0.1, 0.15) is 12.1 Å². The molecule has 0 fully saturated rings. The molecule has 0 atom stereocenters. The van der Waals surface area contributed by atoms with Crippen molar-refractivity contribution in [2.24, 2.45) is 7.05 Å². The number of anilines is 2. The highest BCUT2D eigenvalue weighted by molar-refractivity contribution is 5.86. The van der Waals surface area contributed by atoms with Crippen LogP contribution >= 0.6 is 0 Å². The first-order valence-electron chi connectivity index (χ1n) is 6.79. The number of hydrogen-bond donors (Lipinski definition) is 3. The normalized spacial score (nSPS) is 11.0. The minimum atomic E-state index is 0.529. The largest absolute Gasteiger partial charge is 0.362 e. The minimum absolute atomic E-state index is 0.529. The molecular weight excluding hydrogens is 270 g/mol. The summed E-state index contributed by atoms with van der Waals surface area (Å²) in [6, 6.07) is 0. The van der Waals surface area contributed by atoms with Crippen LogP contribution in [0, 0.1) is 0 Å². The molecule has 3 aromatic rings. The number of hydrogen-bond acceptors (Lipinski definition) is 7. The Balaban J connectivity index is 1.85. The van der Waals surface area contributed by atoms with E-state index < -0.39 is 0 Å². The van der Waals surface area contributed by atoms with Gasteiger partial charge in [0.2, 0.25) is 5.95 Å². The summed E-state index contributed by atoms with van der Waals surface area (Å²) in [7, 11) is 1.90. The third-order valence-corrected chi connectivity index (χ3v) is 3.06. The molecule has 0 aromatic carbocycles. The zero-order valence-corrected chi connectivity index (χ0v) is 12.0. The number of aromatic nitrogens is 7. The third-order valence-electron chi connectivity index (χ3n) is 3.06. The van der Waals surface area contributed by atoms with E-state index in [-0.39, 0.29) is 0 Å². The Labute approximate surface area is 121 Å².